The molecule has 0 aliphatic carbocycles. The highest BCUT2D eigenvalue weighted by molar-refractivity contribution is 5.77. The molecule has 1 aliphatic heterocycles. The monoisotopic (exact) mass is 235 g/mol. The number of hydrogen-bond donors (Lipinski definition) is 0. The summed E-state index contributed by atoms with van der Waals surface area (Å²) < 4.78 is 13.4. The number of hydrogen-bond acceptors (Lipinski definition) is 2. The van der Waals surface area contributed by atoms with Crippen LogP contribution in [0.5, 0.6) is 0 Å². The van der Waals surface area contributed by atoms with Crippen molar-refractivity contribution in [2.75, 3.05) is 11.4 Å². The molecule has 2 atom stereocenters. The zero-order chi connectivity index (χ0) is 12.4. The lowest BCUT2D eigenvalue weighted by atomic mass is 9.94. The molecule has 2 unspecified atom stereocenters. The van der Waals surface area contributed by atoms with Gasteiger partial charge in [-0.1, -0.05) is 6.92 Å². The van der Waals surface area contributed by atoms with Gasteiger partial charge in [-0.3, -0.25) is 4.79 Å². The number of carbonyl (C=O) groups excluding carboxylic acids is 1. The van der Waals surface area contributed by atoms with Gasteiger partial charge in [0.1, 0.15) is 12.1 Å². The van der Waals surface area contributed by atoms with Gasteiger partial charge in [0, 0.05) is 23.8 Å². The summed E-state index contributed by atoms with van der Waals surface area (Å²) in [7, 11) is 0. The van der Waals surface area contributed by atoms with Crippen molar-refractivity contribution >= 4 is 12.0 Å². The molecule has 1 saturated heterocycles. The molecule has 2 rings (SSSR count). The first-order valence-electron chi connectivity index (χ1n) is 6.12. The van der Waals surface area contributed by atoms with Gasteiger partial charge >= 0.3 is 0 Å². The van der Waals surface area contributed by atoms with E-state index >= 15 is 0 Å². The summed E-state index contributed by atoms with van der Waals surface area (Å²) in [6.45, 7) is 5.29. The minimum absolute atomic E-state index is 0.338. The fourth-order valence-corrected chi connectivity index (χ4v) is 2.48. The summed E-state index contributed by atoms with van der Waals surface area (Å²) in [5.41, 5.74) is 1.23. The van der Waals surface area contributed by atoms with Crippen molar-refractivity contribution in [2.24, 2.45) is 5.92 Å². The molecule has 0 radical (unpaired) electrons. The number of halogens is 1. The van der Waals surface area contributed by atoms with E-state index in [0.29, 0.717) is 23.8 Å². The maximum Gasteiger partial charge on any atom is 0.150 e. The minimum atomic E-state index is -0.338. The molecular weight excluding hydrogens is 217 g/mol. The van der Waals surface area contributed by atoms with Crippen molar-refractivity contribution in [2.45, 2.75) is 32.7 Å². The third-order valence-corrected chi connectivity index (χ3v) is 3.49. The lowest BCUT2D eigenvalue weighted by molar-refractivity contribution is 0.112. The molecule has 17 heavy (non-hydrogen) atoms. The first-order chi connectivity index (χ1) is 8.10. The predicted molar refractivity (Wildman–Crippen MR) is 67.0 cm³/mol. The maximum atomic E-state index is 13.4. The van der Waals surface area contributed by atoms with Crippen molar-refractivity contribution in [3.8, 4) is 0 Å². The molecule has 1 aliphatic rings. The Morgan fingerprint density at radius 3 is 2.76 bits per heavy atom. The van der Waals surface area contributed by atoms with Gasteiger partial charge in [0.25, 0.3) is 0 Å². The minimum Gasteiger partial charge on any atom is -0.368 e. The molecule has 3 heteroatoms. The lowest BCUT2D eigenvalue weighted by Crippen LogP contribution is -2.41. The van der Waals surface area contributed by atoms with E-state index in [1.807, 2.05) is 0 Å². The Morgan fingerprint density at radius 2 is 2.06 bits per heavy atom. The molecule has 1 heterocycles. The van der Waals surface area contributed by atoms with Crippen LogP contribution in [0.15, 0.2) is 18.2 Å². The Hall–Kier alpha value is -1.38. The van der Waals surface area contributed by atoms with Crippen LogP contribution in [-0.2, 0) is 0 Å². The lowest BCUT2D eigenvalue weighted by Gasteiger charge is -2.38. The highest BCUT2D eigenvalue weighted by Crippen LogP contribution is 2.28. The summed E-state index contributed by atoms with van der Waals surface area (Å²) in [6, 6.07) is 4.97. The third kappa shape index (κ3) is 2.65. The predicted octanol–water partition coefficient (Wildman–Crippen LogP) is 3.26. The van der Waals surface area contributed by atoms with Crippen molar-refractivity contribution in [1.29, 1.82) is 0 Å². The van der Waals surface area contributed by atoms with Crippen LogP contribution in [-0.4, -0.2) is 18.9 Å². The van der Waals surface area contributed by atoms with Crippen LogP contribution in [0, 0.1) is 11.7 Å². The average Bonchev–Trinajstić information content (AvgIpc) is 2.31. The second-order valence-electron chi connectivity index (χ2n) is 5.04. The second kappa shape index (κ2) is 4.86. The van der Waals surface area contributed by atoms with Crippen LogP contribution in [0.2, 0.25) is 0 Å². The van der Waals surface area contributed by atoms with Gasteiger partial charge in [-0.05, 0) is 43.9 Å². The molecule has 1 fully saturated rings. The Bertz CT molecular complexity index is 419. The first kappa shape index (κ1) is 12.1. The molecule has 0 N–H and O–H groups in total. The van der Waals surface area contributed by atoms with E-state index in [9.17, 15) is 9.18 Å². The van der Waals surface area contributed by atoms with Crippen molar-refractivity contribution in [3.05, 3.63) is 29.6 Å². The fourth-order valence-electron chi connectivity index (χ4n) is 2.48. The van der Waals surface area contributed by atoms with E-state index in [4.69, 9.17) is 0 Å². The molecular formula is C14H18FNO. The Balaban J connectivity index is 2.31. The molecule has 1 aromatic rings. The summed E-state index contributed by atoms with van der Waals surface area (Å²) >= 11 is 0. The molecule has 1 aromatic carbocycles. The smallest absolute Gasteiger partial charge is 0.150 e. The van der Waals surface area contributed by atoms with Gasteiger partial charge in [0.2, 0.25) is 0 Å². The zero-order valence-corrected chi connectivity index (χ0v) is 10.3. The van der Waals surface area contributed by atoms with E-state index in [0.717, 1.165) is 18.7 Å². The Kier molecular flexibility index (Phi) is 3.46. The van der Waals surface area contributed by atoms with Gasteiger partial charge in [-0.25, -0.2) is 4.39 Å². The van der Waals surface area contributed by atoms with Gasteiger partial charge < -0.3 is 4.90 Å². The Labute approximate surface area is 101 Å². The number of anilines is 1. The standard InChI is InChI=1S/C14H18FNO/c1-10-3-4-11(2)16(8-10)14-6-12(9-17)5-13(15)7-14/h5-7,9-11H,3-4,8H2,1-2H3. The highest BCUT2D eigenvalue weighted by atomic mass is 19.1. The number of piperidine rings is 1. The Morgan fingerprint density at radius 1 is 1.29 bits per heavy atom. The van der Waals surface area contributed by atoms with Gasteiger partial charge in [0.15, 0.2) is 0 Å². The third-order valence-electron chi connectivity index (χ3n) is 3.49. The number of aldehydes is 1. The van der Waals surface area contributed by atoms with E-state index < -0.39 is 0 Å². The normalized spacial score (nSPS) is 24.8. The summed E-state index contributed by atoms with van der Waals surface area (Å²) in [5.74, 6) is 0.282. The van der Waals surface area contributed by atoms with E-state index in [1.54, 1.807) is 6.07 Å². The van der Waals surface area contributed by atoms with E-state index in [1.165, 1.54) is 18.6 Å². The quantitative estimate of drug-likeness (QED) is 0.733. The molecule has 0 saturated carbocycles. The van der Waals surface area contributed by atoms with Crippen LogP contribution >= 0.6 is 0 Å². The zero-order valence-electron chi connectivity index (χ0n) is 10.3. The van der Waals surface area contributed by atoms with E-state index in [2.05, 4.69) is 18.7 Å². The molecule has 0 spiro atoms. The first-order valence-corrected chi connectivity index (χ1v) is 6.12. The van der Waals surface area contributed by atoms with Crippen LogP contribution in [0.3, 0.4) is 0 Å². The van der Waals surface area contributed by atoms with Crippen LogP contribution in [0.1, 0.15) is 37.0 Å². The highest BCUT2D eigenvalue weighted by Gasteiger charge is 2.23. The van der Waals surface area contributed by atoms with E-state index in [-0.39, 0.29) is 5.82 Å². The number of nitrogens with zero attached hydrogens (tertiary/aromatic N) is 1. The summed E-state index contributed by atoms with van der Waals surface area (Å²) in [6.07, 6.45) is 3.03. The van der Waals surface area contributed by atoms with Crippen molar-refractivity contribution in [1.82, 2.24) is 0 Å². The molecule has 92 valence electrons. The molecule has 0 amide bonds. The largest absolute Gasteiger partial charge is 0.368 e. The average molecular weight is 235 g/mol. The molecule has 2 nitrogen and oxygen atoms in total. The molecule has 0 aromatic heterocycles. The second-order valence-corrected chi connectivity index (χ2v) is 5.04. The number of benzene rings is 1. The van der Waals surface area contributed by atoms with Crippen LogP contribution in [0.25, 0.3) is 0 Å². The van der Waals surface area contributed by atoms with Crippen LogP contribution < -0.4 is 4.90 Å². The fraction of sp³-hybridized carbons (Fsp3) is 0.500. The molecule has 0 bridgehead atoms. The number of rotatable bonds is 2. The maximum absolute atomic E-state index is 13.4. The van der Waals surface area contributed by atoms with Gasteiger partial charge in [-0.15, -0.1) is 0 Å². The SMILES string of the molecule is CC1CCC(C)N(c2cc(F)cc(C=O)c2)C1. The topological polar surface area (TPSA) is 20.3 Å². The number of carbonyl (C=O) groups is 1. The van der Waals surface area contributed by atoms with Crippen LogP contribution in [0.4, 0.5) is 10.1 Å². The van der Waals surface area contributed by atoms with Crippen molar-refractivity contribution in [3.63, 3.8) is 0 Å². The van der Waals surface area contributed by atoms with Gasteiger partial charge in [0.05, 0.1) is 0 Å². The van der Waals surface area contributed by atoms with Crippen molar-refractivity contribution < 1.29 is 9.18 Å². The summed E-state index contributed by atoms with van der Waals surface area (Å²) in [5, 5.41) is 0. The van der Waals surface area contributed by atoms with Gasteiger partial charge in [-0.2, -0.15) is 0 Å². The summed E-state index contributed by atoms with van der Waals surface area (Å²) in [4.78, 5) is 13.0.